The van der Waals surface area contributed by atoms with Crippen LogP contribution in [-0.4, -0.2) is 0 Å². The van der Waals surface area contributed by atoms with Crippen LogP contribution in [0.3, 0.4) is 0 Å². The van der Waals surface area contributed by atoms with E-state index in [1.54, 1.807) is 0 Å². The second kappa shape index (κ2) is 28.3. The van der Waals surface area contributed by atoms with E-state index < -0.39 is 0 Å². The molecule has 0 saturated carbocycles. The summed E-state index contributed by atoms with van der Waals surface area (Å²) in [6.45, 7) is 0. The topological polar surface area (TPSA) is 19.6 Å². The predicted molar refractivity (Wildman–Crippen MR) is 480 cm³/mol. The Labute approximate surface area is 656 Å². The summed E-state index contributed by atoms with van der Waals surface area (Å²) in [7, 11) is 0. The molecule has 0 spiro atoms. The summed E-state index contributed by atoms with van der Waals surface area (Å²) in [5.41, 5.74) is 29.2. The highest BCUT2D eigenvalue weighted by atomic mass is 16.3. The fourth-order valence-electron chi connectivity index (χ4n) is 17.3. The van der Waals surface area contributed by atoms with E-state index in [2.05, 4.69) is 441 Å². The molecular weight excluding hydrogens is 1370 g/mol. The summed E-state index contributed by atoms with van der Waals surface area (Å²) in [6, 6.07) is 160. The van der Waals surface area contributed by atoms with Crippen LogP contribution in [0.25, 0.3) is 176 Å². The van der Waals surface area contributed by atoms with E-state index in [1.807, 2.05) is 6.07 Å². The molecule has 0 saturated heterocycles. The van der Waals surface area contributed by atoms with E-state index in [0.29, 0.717) is 0 Å². The maximum Gasteiger partial charge on any atom is 0.137 e. The lowest BCUT2D eigenvalue weighted by atomic mass is 9.90. The fourth-order valence-corrected chi connectivity index (χ4v) is 17.3. The molecule has 3 heteroatoms. The fraction of sp³-hybridized carbons (Fsp3) is 0. The molecule has 0 aliphatic heterocycles. The first-order valence-electron chi connectivity index (χ1n) is 38.8. The molecule has 21 aromatic rings. The van der Waals surface area contributed by atoms with Crippen molar-refractivity contribution in [2.75, 3.05) is 9.80 Å². The normalized spacial score (nSPS) is 11.5. The first kappa shape index (κ1) is 66.3. The van der Waals surface area contributed by atoms with Crippen LogP contribution in [0.5, 0.6) is 0 Å². The maximum absolute atomic E-state index is 6.53. The minimum Gasteiger partial charge on any atom is -0.456 e. The van der Waals surface area contributed by atoms with Crippen molar-refractivity contribution < 1.29 is 4.42 Å². The summed E-state index contributed by atoms with van der Waals surface area (Å²) in [5, 5.41) is 14.4. The second-order valence-electron chi connectivity index (χ2n) is 29.4. The van der Waals surface area contributed by atoms with Gasteiger partial charge in [0, 0.05) is 33.5 Å². The number of nitrogens with zero attached hydrogens (tertiary/aromatic N) is 2. The zero-order valence-electron chi connectivity index (χ0n) is 61.9. The van der Waals surface area contributed by atoms with Gasteiger partial charge in [0.25, 0.3) is 0 Å². The Morgan fingerprint density at radius 1 is 0.150 bits per heavy atom. The van der Waals surface area contributed by atoms with Gasteiger partial charge in [-0.05, 0) is 258 Å². The monoisotopic (exact) mass is 1440 g/mol. The summed E-state index contributed by atoms with van der Waals surface area (Å²) in [6.07, 6.45) is 0. The number of rotatable bonds is 15. The van der Waals surface area contributed by atoms with Gasteiger partial charge >= 0.3 is 0 Å². The second-order valence-corrected chi connectivity index (χ2v) is 29.4. The Morgan fingerprint density at radius 2 is 0.496 bits per heavy atom. The van der Waals surface area contributed by atoms with Crippen LogP contribution in [0.4, 0.5) is 34.1 Å². The number of hydrogen-bond donors (Lipinski definition) is 0. The third-order valence-electron chi connectivity index (χ3n) is 22.8. The van der Waals surface area contributed by atoms with Gasteiger partial charge in [0.15, 0.2) is 0 Å². The lowest BCUT2D eigenvalue weighted by molar-refractivity contribution is 0.669. The Balaban J connectivity index is 0.605. The smallest absolute Gasteiger partial charge is 0.137 e. The molecule has 0 radical (unpaired) electrons. The Kier molecular flexibility index (Phi) is 16.6. The average Bonchev–Trinajstić information content (AvgIpc) is 1.58. The molecule has 1 heterocycles. The first-order chi connectivity index (χ1) is 56.0. The van der Waals surface area contributed by atoms with Crippen LogP contribution in [0.1, 0.15) is 0 Å². The molecule has 0 unspecified atom stereocenters. The third kappa shape index (κ3) is 12.2. The highest BCUT2D eigenvalue weighted by Crippen LogP contribution is 2.48. The van der Waals surface area contributed by atoms with Crippen molar-refractivity contribution in [3.8, 4) is 100 Å². The minimum absolute atomic E-state index is 0.850. The van der Waals surface area contributed by atoms with E-state index in [4.69, 9.17) is 4.42 Å². The van der Waals surface area contributed by atoms with Gasteiger partial charge in [-0.25, -0.2) is 0 Å². The molecule has 0 atom stereocenters. The van der Waals surface area contributed by atoms with Gasteiger partial charge in [0.05, 0.1) is 16.8 Å². The lowest BCUT2D eigenvalue weighted by Crippen LogP contribution is -2.10. The Morgan fingerprint density at radius 3 is 1.05 bits per heavy atom. The van der Waals surface area contributed by atoms with E-state index in [1.165, 1.54) is 98.5 Å². The highest BCUT2D eigenvalue weighted by molar-refractivity contribution is 6.17. The molecule has 3 nitrogen and oxygen atoms in total. The molecule has 21 rings (SSSR count). The van der Waals surface area contributed by atoms with Gasteiger partial charge < -0.3 is 14.2 Å². The van der Waals surface area contributed by atoms with Crippen LogP contribution < -0.4 is 9.80 Å². The molecule has 528 valence electrons. The van der Waals surface area contributed by atoms with Gasteiger partial charge in [-0.2, -0.15) is 0 Å². The molecular formula is C110H72N2O. The number of benzene rings is 20. The predicted octanol–water partition coefficient (Wildman–Crippen LogP) is 31.3. The van der Waals surface area contributed by atoms with E-state index in [9.17, 15) is 0 Å². The van der Waals surface area contributed by atoms with Gasteiger partial charge in [-0.3, -0.25) is 0 Å². The molecule has 0 aliphatic carbocycles. The summed E-state index contributed by atoms with van der Waals surface area (Å²) < 4.78 is 6.53. The quantitative estimate of drug-likeness (QED) is 0.0954. The van der Waals surface area contributed by atoms with Crippen molar-refractivity contribution in [3.63, 3.8) is 0 Å². The Hall–Kier alpha value is -14.9. The number of anilines is 6. The third-order valence-corrected chi connectivity index (χ3v) is 22.8. The first-order valence-corrected chi connectivity index (χ1v) is 38.8. The van der Waals surface area contributed by atoms with Crippen molar-refractivity contribution in [1.82, 2.24) is 0 Å². The number of furan rings is 1. The highest BCUT2D eigenvalue weighted by Gasteiger charge is 2.23. The Bertz CT molecular complexity index is 7210. The van der Waals surface area contributed by atoms with Crippen molar-refractivity contribution in [3.05, 3.63) is 437 Å². The SMILES string of the molecule is c1ccc(-c2ccc(-c3cccc(N(c4ccc(-c5cccc(-c6cc7cc(-c8cccc(-c9ccc(N(c%10ccc(-c%11ccccc%11)cc%10)c%10ccc(-c%11cccc(-c%12cc%13ccccc%13c%13ccccc%12%13)c%11)cc%10)c%10ccccc9%10)c8)ccc7c7ccccc67)c5)cc4)c4cccc5oc6ccccc6c45)c3)cc2)cc1. The van der Waals surface area contributed by atoms with Gasteiger partial charge in [0.2, 0.25) is 0 Å². The van der Waals surface area contributed by atoms with Gasteiger partial charge in [-0.15, -0.1) is 0 Å². The number of hydrogen-bond acceptors (Lipinski definition) is 3. The summed E-state index contributed by atoms with van der Waals surface area (Å²) in [4.78, 5) is 4.81. The molecule has 0 amide bonds. The number of para-hydroxylation sites is 1. The zero-order valence-corrected chi connectivity index (χ0v) is 61.9. The number of fused-ring (bicyclic) bond motifs is 10. The molecule has 0 N–H and O–H groups in total. The molecule has 0 fully saturated rings. The van der Waals surface area contributed by atoms with E-state index in [0.717, 1.165) is 112 Å². The van der Waals surface area contributed by atoms with Crippen LogP contribution in [0.15, 0.2) is 441 Å². The van der Waals surface area contributed by atoms with Crippen LogP contribution >= 0.6 is 0 Å². The molecule has 0 bridgehead atoms. The zero-order chi connectivity index (χ0) is 74.7. The van der Waals surface area contributed by atoms with Crippen LogP contribution in [0.2, 0.25) is 0 Å². The standard InChI is InChI=1S/C110H72N2O/c1-3-22-73(23-4-1)75-46-48-77(49-47-75)83-30-20-34-93(70-83)112(107-43-21-45-109-110(107)103-42-15-16-44-108(103)113-109)92-61-54-79(55-62-92)81-28-18-33-87(67-81)105-72-89-69-84(56-63-96(89)98-37-10-12-40-101(98)105)82-29-19-31-85(68-82)95-64-65-106(102-41-14-13-38-99(95)102)111(90-57-50-76(51-58-90)74-24-5-2-6-25-74)91-59-52-78(53-60-91)80-27-17-32-86(66-80)104-71-88-26-7-8-35-94(88)97-36-9-11-39-100(97)104/h1-72H. The van der Waals surface area contributed by atoms with E-state index in [-0.39, 0.29) is 0 Å². The molecule has 1 aromatic heterocycles. The van der Waals surface area contributed by atoms with Crippen LogP contribution in [-0.2, 0) is 0 Å². The maximum atomic E-state index is 6.53. The van der Waals surface area contributed by atoms with Gasteiger partial charge in [-0.1, -0.05) is 328 Å². The van der Waals surface area contributed by atoms with Crippen molar-refractivity contribution in [2.24, 2.45) is 0 Å². The van der Waals surface area contributed by atoms with Crippen LogP contribution in [0, 0.1) is 0 Å². The van der Waals surface area contributed by atoms with Gasteiger partial charge in [0.1, 0.15) is 11.2 Å². The largest absolute Gasteiger partial charge is 0.456 e. The lowest BCUT2D eigenvalue weighted by Gasteiger charge is -2.28. The van der Waals surface area contributed by atoms with E-state index >= 15 is 0 Å². The van der Waals surface area contributed by atoms with Crippen molar-refractivity contribution >= 4 is 110 Å². The average molecular weight is 1440 g/mol. The minimum atomic E-state index is 0.850. The summed E-state index contributed by atoms with van der Waals surface area (Å²) in [5.74, 6) is 0. The van der Waals surface area contributed by atoms with Crippen molar-refractivity contribution in [2.45, 2.75) is 0 Å². The summed E-state index contributed by atoms with van der Waals surface area (Å²) >= 11 is 0. The van der Waals surface area contributed by atoms with Crippen molar-refractivity contribution in [1.29, 1.82) is 0 Å². The molecule has 20 aromatic carbocycles. The molecule has 113 heavy (non-hydrogen) atoms. The molecule has 0 aliphatic rings.